The lowest BCUT2D eigenvalue weighted by Crippen LogP contribution is -2.48. The van der Waals surface area contributed by atoms with E-state index in [9.17, 15) is 9.59 Å². The molecule has 0 radical (unpaired) electrons. The highest BCUT2D eigenvalue weighted by molar-refractivity contribution is 7.99. The summed E-state index contributed by atoms with van der Waals surface area (Å²) in [6.45, 7) is 5.38. The molecule has 8 heteroatoms. The standard InChI is InChI=1S/C12H20N4O3S/c1-12(2,3)15-10(19)14-9(18)7-20-11-13-5-8(6-17)16(11)4/h5,17H,6-7H2,1-4H3,(H2,14,15,18,19). The van der Waals surface area contributed by atoms with Gasteiger partial charge in [-0.15, -0.1) is 0 Å². The van der Waals surface area contributed by atoms with Gasteiger partial charge >= 0.3 is 6.03 Å². The fourth-order valence-electron chi connectivity index (χ4n) is 1.37. The fourth-order valence-corrected chi connectivity index (χ4v) is 2.14. The zero-order chi connectivity index (χ0) is 15.3. The molecule has 1 aromatic rings. The Labute approximate surface area is 122 Å². The first-order chi connectivity index (χ1) is 9.23. The van der Waals surface area contributed by atoms with E-state index in [1.54, 1.807) is 17.8 Å². The minimum absolute atomic E-state index is 0.0767. The van der Waals surface area contributed by atoms with E-state index in [-0.39, 0.29) is 12.4 Å². The Balaban J connectivity index is 2.43. The number of rotatable bonds is 4. The zero-order valence-corrected chi connectivity index (χ0v) is 12.9. The van der Waals surface area contributed by atoms with Gasteiger partial charge in [0.25, 0.3) is 0 Å². The van der Waals surface area contributed by atoms with Gasteiger partial charge in [0, 0.05) is 12.6 Å². The number of imide groups is 1. The monoisotopic (exact) mass is 300 g/mol. The van der Waals surface area contributed by atoms with E-state index in [0.717, 1.165) is 0 Å². The van der Waals surface area contributed by atoms with Gasteiger partial charge in [0.2, 0.25) is 5.91 Å². The van der Waals surface area contributed by atoms with Gasteiger partial charge in [0.05, 0.1) is 24.3 Å². The summed E-state index contributed by atoms with van der Waals surface area (Å²) in [5.41, 5.74) is 0.270. The summed E-state index contributed by atoms with van der Waals surface area (Å²) in [5.74, 6) is -0.321. The number of carbonyl (C=O) groups is 2. The van der Waals surface area contributed by atoms with E-state index in [2.05, 4.69) is 15.6 Å². The van der Waals surface area contributed by atoms with E-state index in [0.29, 0.717) is 10.9 Å². The molecule has 1 rings (SSSR count). The van der Waals surface area contributed by atoms with E-state index in [4.69, 9.17) is 5.11 Å². The van der Waals surface area contributed by atoms with Crippen molar-refractivity contribution in [3.8, 4) is 0 Å². The minimum Gasteiger partial charge on any atom is -0.390 e. The Kier molecular flexibility index (Phi) is 5.58. The molecule has 0 aromatic carbocycles. The van der Waals surface area contributed by atoms with Gasteiger partial charge < -0.3 is 15.0 Å². The molecule has 0 saturated heterocycles. The second-order valence-electron chi connectivity index (χ2n) is 5.29. The SMILES string of the molecule is Cn1c(CO)cnc1SCC(=O)NC(=O)NC(C)(C)C. The highest BCUT2D eigenvalue weighted by Gasteiger charge is 2.16. The maximum absolute atomic E-state index is 11.6. The molecule has 0 aliphatic rings. The van der Waals surface area contributed by atoms with Crippen LogP contribution >= 0.6 is 11.8 Å². The van der Waals surface area contributed by atoms with E-state index < -0.39 is 17.5 Å². The molecular weight excluding hydrogens is 280 g/mol. The summed E-state index contributed by atoms with van der Waals surface area (Å²) in [6, 6.07) is -0.515. The molecule has 7 nitrogen and oxygen atoms in total. The van der Waals surface area contributed by atoms with Crippen molar-refractivity contribution in [3.05, 3.63) is 11.9 Å². The van der Waals surface area contributed by atoms with Gasteiger partial charge in [-0.1, -0.05) is 11.8 Å². The van der Waals surface area contributed by atoms with Gasteiger partial charge in [-0.25, -0.2) is 9.78 Å². The molecule has 0 spiro atoms. The van der Waals surface area contributed by atoms with Crippen molar-refractivity contribution >= 4 is 23.7 Å². The van der Waals surface area contributed by atoms with Crippen LogP contribution in [0.2, 0.25) is 0 Å². The van der Waals surface area contributed by atoms with Crippen molar-refractivity contribution in [1.29, 1.82) is 0 Å². The summed E-state index contributed by atoms with van der Waals surface area (Å²) < 4.78 is 1.70. The van der Waals surface area contributed by atoms with Gasteiger partial charge in [0.1, 0.15) is 0 Å². The first-order valence-electron chi connectivity index (χ1n) is 6.09. The van der Waals surface area contributed by atoms with Crippen LogP contribution in [0.3, 0.4) is 0 Å². The predicted molar refractivity (Wildman–Crippen MR) is 76.3 cm³/mol. The predicted octanol–water partition coefficient (Wildman–Crippen LogP) is 0.629. The van der Waals surface area contributed by atoms with Crippen molar-refractivity contribution in [1.82, 2.24) is 20.2 Å². The fraction of sp³-hybridized carbons (Fsp3) is 0.583. The van der Waals surface area contributed by atoms with E-state index in [1.807, 2.05) is 20.8 Å². The number of nitrogens with zero attached hydrogens (tertiary/aromatic N) is 2. The number of thioether (sulfide) groups is 1. The van der Waals surface area contributed by atoms with Gasteiger partial charge in [-0.2, -0.15) is 0 Å². The van der Waals surface area contributed by atoms with E-state index >= 15 is 0 Å². The van der Waals surface area contributed by atoms with E-state index in [1.165, 1.54) is 11.8 Å². The smallest absolute Gasteiger partial charge is 0.321 e. The number of urea groups is 1. The molecule has 1 heterocycles. The molecule has 1 aromatic heterocycles. The van der Waals surface area contributed by atoms with Gasteiger partial charge in [0.15, 0.2) is 5.16 Å². The van der Waals surface area contributed by atoms with Crippen LogP contribution in [0.25, 0.3) is 0 Å². The van der Waals surface area contributed by atoms with Gasteiger partial charge in [-0.3, -0.25) is 10.1 Å². The molecule has 3 N–H and O–H groups in total. The Hall–Kier alpha value is -1.54. The number of imidazole rings is 1. The summed E-state index contributed by atoms with van der Waals surface area (Å²) in [6.07, 6.45) is 1.55. The highest BCUT2D eigenvalue weighted by atomic mass is 32.2. The van der Waals surface area contributed by atoms with Crippen LogP contribution in [0.15, 0.2) is 11.4 Å². The summed E-state index contributed by atoms with van der Waals surface area (Å²) in [7, 11) is 1.76. The summed E-state index contributed by atoms with van der Waals surface area (Å²) >= 11 is 1.20. The number of hydrogen-bond acceptors (Lipinski definition) is 5. The molecule has 20 heavy (non-hydrogen) atoms. The Morgan fingerprint density at radius 1 is 1.45 bits per heavy atom. The summed E-state index contributed by atoms with van der Waals surface area (Å²) in [5, 5.41) is 14.5. The molecule has 0 saturated carbocycles. The lowest BCUT2D eigenvalue weighted by atomic mass is 10.1. The molecule has 0 fully saturated rings. The van der Waals surface area contributed by atoms with Crippen LogP contribution in [0.1, 0.15) is 26.5 Å². The second-order valence-corrected chi connectivity index (χ2v) is 6.23. The minimum atomic E-state index is -0.515. The number of amides is 3. The number of aromatic nitrogens is 2. The average Bonchev–Trinajstić information content (AvgIpc) is 2.64. The lowest BCUT2D eigenvalue weighted by Gasteiger charge is -2.20. The maximum atomic E-state index is 11.6. The van der Waals surface area contributed by atoms with Crippen LogP contribution in [-0.4, -0.2) is 37.9 Å². The number of aliphatic hydroxyl groups excluding tert-OH is 1. The maximum Gasteiger partial charge on any atom is 0.321 e. The Morgan fingerprint density at radius 2 is 2.10 bits per heavy atom. The zero-order valence-electron chi connectivity index (χ0n) is 12.1. The van der Waals surface area contributed by atoms with Crippen molar-refractivity contribution < 1.29 is 14.7 Å². The van der Waals surface area contributed by atoms with Crippen LogP contribution in [-0.2, 0) is 18.4 Å². The average molecular weight is 300 g/mol. The third-order valence-corrected chi connectivity index (χ3v) is 3.32. The molecule has 3 amide bonds. The number of nitrogens with one attached hydrogen (secondary N) is 2. The second kappa shape index (κ2) is 6.76. The molecule has 0 atom stereocenters. The molecule has 0 bridgehead atoms. The van der Waals surface area contributed by atoms with Crippen LogP contribution in [0, 0.1) is 0 Å². The summed E-state index contributed by atoms with van der Waals surface area (Å²) in [4.78, 5) is 27.2. The molecule has 0 aliphatic carbocycles. The van der Waals surface area contributed by atoms with Crippen LogP contribution < -0.4 is 10.6 Å². The van der Waals surface area contributed by atoms with Crippen LogP contribution in [0.4, 0.5) is 4.79 Å². The quantitative estimate of drug-likeness (QED) is 0.709. The Bertz CT molecular complexity index is 493. The first-order valence-corrected chi connectivity index (χ1v) is 7.07. The molecule has 112 valence electrons. The normalized spacial score (nSPS) is 11.2. The third-order valence-electron chi connectivity index (χ3n) is 2.28. The molecule has 0 aliphatic heterocycles. The Morgan fingerprint density at radius 3 is 2.60 bits per heavy atom. The molecule has 0 unspecified atom stereocenters. The van der Waals surface area contributed by atoms with Crippen molar-refractivity contribution in [2.45, 2.75) is 38.1 Å². The number of carbonyl (C=O) groups excluding carboxylic acids is 2. The topological polar surface area (TPSA) is 96.2 Å². The lowest BCUT2D eigenvalue weighted by molar-refractivity contribution is -0.117. The largest absolute Gasteiger partial charge is 0.390 e. The van der Waals surface area contributed by atoms with Crippen LogP contribution in [0.5, 0.6) is 0 Å². The number of hydrogen-bond donors (Lipinski definition) is 3. The van der Waals surface area contributed by atoms with Crippen molar-refractivity contribution in [2.75, 3.05) is 5.75 Å². The number of aliphatic hydroxyl groups is 1. The molecular formula is C12H20N4O3S. The first kappa shape index (κ1) is 16.5. The van der Waals surface area contributed by atoms with Gasteiger partial charge in [-0.05, 0) is 20.8 Å². The highest BCUT2D eigenvalue weighted by Crippen LogP contribution is 2.16. The third kappa shape index (κ3) is 5.22. The van der Waals surface area contributed by atoms with Crippen molar-refractivity contribution in [2.24, 2.45) is 7.05 Å². The van der Waals surface area contributed by atoms with Crippen molar-refractivity contribution in [3.63, 3.8) is 0 Å².